The third kappa shape index (κ3) is 2.22. The Morgan fingerprint density at radius 2 is 1.95 bits per heavy atom. The van der Waals surface area contributed by atoms with Crippen LogP contribution in [0.3, 0.4) is 0 Å². The van der Waals surface area contributed by atoms with Gasteiger partial charge in [-0.15, -0.1) is 0 Å². The molecule has 0 atom stereocenters. The average molecular weight is 273 g/mol. The lowest BCUT2D eigenvalue weighted by Crippen LogP contribution is -2.07. The van der Waals surface area contributed by atoms with Crippen molar-refractivity contribution >= 4 is 16.7 Å². The van der Waals surface area contributed by atoms with Crippen molar-refractivity contribution in [3.63, 3.8) is 0 Å². The molecule has 3 rings (SSSR count). The molecule has 3 nitrogen and oxygen atoms in total. The Morgan fingerprint density at radius 1 is 1.15 bits per heavy atom. The molecule has 3 aromatic rings. The summed E-state index contributed by atoms with van der Waals surface area (Å²) in [5.41, 5.74) is 2.17. The SMILES string of the molecule is Cn1c(CNc2ccc(F)cc2F)nc2ccccc21. The summed E-state index contributed by atoms with van der Waals surface area (Å²) < 4.78 is 28.3. The van der Waals surface area contributed by atoms with Gasteiger partial charge >= 0.3 is 0 Å². The van der Waals surface area contributed by atoms with Gasteiger partial charge in [0.2, 0.25) is 0 Å². The van der Waals surface area contributed by atoms with Crippen molar-refractivity contribution in [1.29, 1.82) is 0 Å². The van der Waals surface area contributed by atoms with Gasteiger partial charge in [-0.1, -0.05) is 12.1 Å². The van der Waals surface area contributed by atoms with E-state index in [0.717, 1.165) is 22.9 Å². The van der Waals surface area contributed by atoms with Crippen LogP contribution in [0.2, 0.25) is 0 Å². The summed E-state index contributed by atoms with van der Waals surface area (Å²) in [6.07, 6.45) is 0. The quantitative estimate of drug-likeness (QED) is 0.792. The standard InChI is InChI=1S/C15H13F2N3/c1-20-14-5-3-2-4-13(14)19-15(20)9-18-12-7-6-10(16)8-11(12)17/h2-8,18H,9H2,1H3. The molecular formula is C15H13F2N3. The van der Waals surface area contributed by atoms with Gasteiger partial charge in [0, 0.05) is 13.1 Å². The van der Waals surface area contributed by atoms with E-state index in [1.54, 1.807) is 0 Å². The number of hydrogen-bond acceptors (Lipinski definition) is 2. The molecule has 0 aliphatic carbocycles. The molecule has 2 aromatic carbocycles. The van der Waals surface area contributed by atoms with Crippen LogP contribution in [0.4, 0.5) is 14.5 Å². The van der Waals surface area contributed by atoms with Crippen LogP contribution >= 0.6 is 0 Å². The molecule has 102 valence electrons. The summed E-state index contributed by atoms with van der Waals surface area (Å²) in [6.45, 7) is 0.369. The first-order valence-corrected chi connectivity index (χ1v) is 6.24. The minimum atomic E-state index is -0.608. The van der Waals surface area contributed by atoms with Crippen LogP contribution in [0.15, 0.2) is 42.5 Å². The summed E-state index contributed by atoms with van der Waals surface area (Å²) in [6, 6.07) is 11.2. The van der Waals surface area contributed by atoms with Crippen LogP contribution in [-0.4, -0.2) is 9.55 Å². The molecule has 0 unspecified atom stereocenters. The normalized spacial score (nSPS) is 10.9. The number of nitrogens with zero attached hydrogens (tertiary/aromatic N) is 2. The molecule has 0 radical (unpaired) electrons. The molecule has 0 amide bonds. The number of para-hydroxylation sites is 2. The third-order valence-electron chi connectivity index (χ3n) is 3.25. The Morgan fingerprint density at radius 3 is 2.70 bits per heavy atom. The molecule has 0 saturated carbocycles. The molecule has 1 heterocycles. The molecule has 0 aliphatic heterocycles. The number of aromatic nitrogens is 2. The largest absolute Gasteiger partial charge is 0.375 e. The molecule has 1 aromatic heterocycles. The lowest BCUT2D eigenvalue weighted by Gasteiger charge is -2.07. The number of nitrogens with one attached hydrogen (secondary N) is 1. The number of imidazole rings is 1. The van der Waals surface area contributed by atoms with Gasteiger partial charge in [-0.3, -0.25) is 0 Å². The summed E-state index contributed by atoms with van der Waals surface area (Å²) in [5, 5.41) is 2.93. The Hall–Kier alpha value is -2.43. The zero-order chi connectivity index (χ0) is 14.1. The lowest BCUT2D eigenvalue weighted by atomic mass is 10.3. The average Bonchev–Trinajstić information content (AvgIpc) is 2.75. The topological polar surface area (TPSA) is 29.9 Å². The summed E-state index contributed by atoms with van der Waals surface area (Å²) in [4.78, 5) is 4.48. The van der Waals surface area contributed by atoms with Gasteiger partial charge in [0.05, 0.1) is 23.3 Å². The molecule has 20 heavy (non-hydrogen) atoms. The second-order valence-electron chi connectivity index (χ2n) is 4.55. The molecule has 0 bridgehead atoms. The van der Waals surface area contributed by atoms with Gasteiger partial charge in [0.25, 0.3) is 0 Å². The zero-order valence-electron chi connectivity index (χ0n) is 10.9. The highest BCUT2D eigenvalue weighted by Crippen LogP contribution is 2.18. The number of rotatable bonds is 3. The highest BCUT2D eigenvalue weighted by Gasteiger charge is 2.08. The zero-order valence-corrected chi connectivity index (χ0v) is 10.9. The van der Waals surface area contributed by atoms with Gasteiger partial charge in [0.1, 0.15) is 17.5 Å². The predicted octanol–water partition coefficient (Wildman–Crippen LogP) is 3.46. The number of halogens is 2. The molecular weight excluding hydrogens is 260 g/mol. The highest BCUT2D eigenvalue weighted by atomic mass is 19.1. The minimum Gasteiger partial charge on any atom is -0.375 e. The fourth-order valence-electron chi connectivity index (χ4n) is 2.16. The highest BCUT2D eigenvalue weighted by molar-refractivity contribution is 5.75. The molecule has 1 N–H and O–H groups in total. The van der Waals surface area contributed by atoms with Gasteiger partial charge in [-0.25, -0.2) is 13.8 Å². The van der Waals surface area contributed by atoms with E-state index in [2.05, 4.69) is 10.3 Å². The fourth-order valence-corrected chi connectivity index (χ4v) is 2.16. The van der Waals surface area contributed by atoms with Gasteiger partial charge in [0.15, 0.2) is 0 Å². The number of anilines is 1. The van der Waals surface area contributed by atoms with Crippen LogP contribution < -0.4 is 5.32 Å². The van der Waals surface area contributed by atoms with E-state index in [1.807, 2.05) is 35.9 Å². The predicted molar refractivity (Wildman–Crippen MR) is 74.4 cm³/mol. The Balaban J connectivity index is 1.85. The number of fused-ring (bicyclic) bond motifs is 1. The van der Waals surface area contributed by atoms with E-state index < -0.39 is 11.6 Å². The van der Waals surface area contributed by atoms with E-state index >= 15 is 0 Å². The van der Waals surface area contributed by atoms with E-state index in [-0.39, 0.29) is 5.69 Å². The van der Waals surface area contributed by atoms with Gasteiger partial charge in [-0.05, 0) is 24.3 Å². The second-order valence-corrected chi connectivity index (χ2v) is 4.55. The molecule has 5 heteroatoms. The first kappa shape index (κ1) is 12.6. The summed E-state index contributed by atoms with van der Waals surface area (Å²) in [5.74, 6) is -0.408. The van der Waals surface area contributed by atoms with Crippen LogP contribution in [0.1, 0.15) is 5.82 Å². The molecule has 0 saturated heterocycles. The maximum atomic E-state index is 13.5. The van der Waals surface area contributed by atoms with Crippen molar-refractivity contribution in [1.82, 2.24) is 9.55 Å². The van der Waals surface area contributed by atoms with Crippen molar-refractivity contribution in [2.45, 2.75) is 6.54 Å². The second kappa shape index (κ2) is 4.92. The van der Waals surface area contributed by atoms with Gasteiger partial charge in [-0.2, -0.15) is 0 Å². The van der Waals surface area contributed by atoms with E-state index in [9.17, 15) is 8.78 Å². The van der Waals surface area contributed by atoms with Crippen molar-refractivity contribution in [3.05, 3.63) is 59.9 Å². The van der Waals surface area contributed by atoms with Crippen LogP contribution in [0, 0.1) is 11.6 Å². The number of aryl methyl sites for hydroxylation is 1. The van der Waals surface area contributed by atoms with Gasteiger partial charge < -0.3 is 9.88 Å². The summed E-state index contributed by atoms with van der Waals surface area (Å²) in [7, 11) is 1.91. The van der Waals surface area contributed by atoms with E-state index in [0.29, 0.717) is 6.54 Å². The Kier molecular flexibility index (Phi) is 3.10. The Labute approximate surface area is 114 Å². The molecule has 0 aliphatic rings. The molecule has 0 spiro atoms. The Bertz CT molecular complexity index is 765. The van der Waals surface area contributed by atoms with Crippen LogP contribution in [-0.2, 0) is 13.6 Å². The van der Waals surface area contributed by atoms with Crippen molar-refractivity contribution in [3.8, 4) is 0 Å². The minimum absolute atomic E-state index is 0.262. The lowest BCUT2D eigenvalue weighted by molar-refractivity contribution is 0.585. The molecule has 0 fully saturated rings. The number of benzene rings is 2. The first-order valence-electron chi connectivity index (χ1n) is 6.24. The summed E-state index contributed by atoms with van der Waals surface area (Å²) >= 11 is 0. The van der Waals surface area contributed by atoms with Crippen LogP contribution in [0.5, 0.6) is 0 Å². The van der Waals surface area contributed by atoms with Crippen molar-refractivity contribution in [2.24, 2.45) is 7.05 Å². The van der Waals surface area contributed by atoms with Crippen molar-refractivity contribution < 1.29 is 8.78 Å². The third-order valence-corrected chi connectivity index (χ3v) is 3.25. The smallest absolute Gasteiger partial charge is 0.149 e. The monoisotopic (exact) mass is 273 g/mol. The van der Waals surface area contributed by atoms with E-state index in [1.165, 1.54) is 12.1 Å². The van der Waals surface area contributed by atoms with Crippen molar-refractivity contribution in [2.75, 3.05) is 5.32 Å². The number of hydrogen-bond donors (Lipinski definition) is 1. The maximum Gasteiger partial charge on any atom is 0.149 e. The maximum absolute atomic E-state index is 13.5. The first-order chi connectivity index (χ1) is 9.65. The fraction of sp³-hybridized carbons (Fsp3) is 0.133. The van der Waals surface area contributed by atoms with Crippen LogP contribution in [0.25, 0.3) is 11.0 Å². The van der Waals surface area contributed by atoms with E-state index in [4.69, 9.17) is 0 Å².